The highest BCUT2D eigenvalue weighted by atomic mass is 16.6. The molecule has 0 spiro atoms. The summed E-state index contributed by atoms with van der Waals surface area (Å²) < 4.78 is 5.09. The van der Waals surface area contributed by atoms with Crippen molar-refractivity contribution in [2.45, 2.75) is 13.0 Å². The van der Waals surface area contributed by atoms with Gasteiger partial charge in [0.2, 0.25) is 0 Å². The van der Waals surface area contributed by atoms with Crippen molar-refractivity contribution in [2.24, 2.45) is 5.92 Å². The number of methoxy groups -OCH3 is 1. The summed E-state index contributed by atoms with van der Waals surface area (Å²) in [5.41, 5.74) is 0.914. The number of aliphatic hydroxyl groups excluding tert-OH is 1. The largest absolute Gasteiger partial charge is 0.496 e. The lowest BCUT2D eigenvalue weighted by molar-refractivity contribution is -0.385. The minimum atomic E-state index is -0.410. The van der Waals surface area contributed by atoms with Gasteiger partial charge in [-0.25, -0.2) is 0 Å². The minimum absolute atomic E-state index is 0.0484. The number of benzene rings is 1. The summed E-state index contributed by atoms with van der Waals surface area (Å²) in [6, 6.07) is 4.82. The highest BCUT2D eigenvalue weighted by Crippen LogP contribution is 2.25. The molecule has 0 aromatic heterocycles. The predicted octanol–water partition coefficient (Wildman–Crippen LogP) is 1.42. The molecule has 1 aliphatic heterocycles. The average molecular weight is 266 g/mol. The van der Waals surface area contributed by atoms with Gasteiger partial charge in [-0.15, -0.1) is 0 Å². The summed E-state index contributed by atoms with van der Waals surface area (Å²) in [4.78, 5) is 12.6. The van der Waals surface area contributed by atoms with Crippen LogP contribution in [0.4, 0.5) is 5.69 Å². The Morgan fingerprint density at radius 1 is 1.53 bits per heavy atom. The zero-order valence-corrected chi connectivity index (χ0v) is 10.9. The number of likely N-dealkylation sites (tertiary alicyclic amines) is 1. The van der Waals surface area contributed by atoms with Gasteiger partial charge in [-0.2, -0.15) is 0 Å². The number of ether oxygens (including phenoxy) is 1. The third-order valence-electron chi connectivity index (χ3n) is 3.43. The second-order valence-corrected chi connectivity index (χ2v) is 4.87. The van der Waals surface area contributed by atoms with Gasteiger partial charge < -0.3 is 9.84 Å². The van der Waals surface area contributed by atoms with Crippen LogP contribution in [0.15, 0.2) is 18.2 Å². The van der Waals surface area contributed by atoms with E-state index in [4.69, 9.17) is 9.84 Å². The second kappa shape index (κ2) is 5.99. The SMILES string of the molecule is COc1cc(CN2CCC(CO)C2)cc([N+](=O)[O-])c1. The Morgan fingerprint density at radius 2 is 2.32 bits per heavy atom. The van der Waals surface area contributed by atoms with Crippen LogP contribution in [-0.2, 0) is 6.54 Å². The molecule has 0 radical (unpaired) electrons. The molecule has 1 fully saturated rings. The van der Waals surface area contributed by atoms with E-state index in [0.29, 0.717) is 18.2 Å². The first-order valence-electron chi connectivity index (χ1n) is 6.28. The first-order chi connectivity index (χ1) is 9.12. The number of rotatable bonds is 5. The van der Waals surface area contributed by atoms with Crippen LogP contribution in [-0.4, -0.2) is 41.7 Å². The Morgan fingerprint density at radius 3 is 2.89 bits per heavy atom. The van der Waals surface area contributed by atoms with Crippen molar-refractivity contribution in [3.05, 3.63) is 33.9 Å². The van der Waals surface area contributed by atoms with Gasteiger partial charge in [0.15, 0.2) is 0 Å². The molecule has 1 atom stereocenters. The molecule has 0 saturated carbocycles. The molecule has 0 aliphatic carbocycles. The van der Waals surface area contributed by atoms with Crippen LogP contribution in [0.2, 0.25) is 0 Å². The number of hydrogen-bond acceptors (Lipinski definition) is 5. The monoisotopic (exact) mass is 266 g/mol. The van der Waals surface area contributed by atoms with E-state index in [9.17, 15) is 10.1 Å². The van der Waals surface area contributed by atoms with E-state index in [1.165, 1.54) is 13.2 Å². The van der Waals surface area contributed by atoms with Crippen LogP contribution in [0.3, 0.4) is 0 Å². The van der Waals surface area contributed by atoms with Crippen molar-refractivity contribution in [2.75, 3.05) is 26.8 Å². The molecule has 1 aromatic rings. The van der Waals surface area contributed by atoms with Crippen molar-refractivity contribution in [1.82, 2.24) is 4.90 Å². The lowest BCUT2D eigenvalue weighted by Gasteiger charge is -2.16. The van der Waals surface area contributed by atoms with Crippen molar-refractivity contribution in [3.8, 4) is 5.75 Å². The molecular formula is C13H18N2O4. The highest BCUT2D eigenvalue weighted by molar-refractivity contribution is 5.42. The van der Waals surface area contributed by atoms with Crippen molar-refractivity contribution >= 4 is 5.69 Å². The maximum atomic E-state index is 10.9. The smallest absolute Gasteiger partial charge is 0.273 e. The fourth-order valence-corrected chi connectivity index (χ4v) is 2.42. The summed E-state index contributed by atoms with van der Waals surface area (Å²) in [5.74, 6) is 0.822. The Labute approximate surface area is 111 Å². The molecule has 1 N–H and O–H groups in total. The Kier molecular flexibility index (Phi) is 4.34. The molecule has 0 amide bonds. The van der Waals surface area contributed by atoms with Crippen LogP contribution in [0.1, 0.15) is 12.0 Å². The number of non-ortho nitro benzene ring substituents is 1. The summed E-state index contributed by atoms with van der Waals surface area (Å²) in [5, 5.41) is 20.0. The molecule has 104 valence electrons. The zero-order chi connectivity index (χ0) is 13.8. The molecule has 6 heteroatoms. The summed E-state index contributed by atoms with van der Waals surface area (Å²) >= 11 is 0. The number of hydrogen-bond donors (Lipinski definition) is 1. The van der Waals surface area contributed by atoms with Crippen LogP contribution < -0.4 is 4.74 Å². The van der Waals surface area contributed by atoms with Gasteiger partial charge in [0, 0.05) is 25.8 Å². The van der Waals surface area contributed by atoms with Gasteiger partial charge in [-0.3, -0.25) is 15.0 Å². The van der Waals surface area contributed by atoms with Gasteiger partial charge in [-0.05, 0) is 30.5 Å². The van der Waals surface area contributed by atoms with Crippen molar-refractivity contribution in [1.29, 1.82) is 0 Å². The highest BCUT2D eigenvalue weighted by Gasteiger charge is 2.22. The molecule has 19 heavy (non-hydrogen) atoms. The van der Waals surface area contributed by atoms with Crippen LogP contribution in [0, 0.1) is 16.0 Å². The molecule has 1 aliphatic rings. The molecule has 2 rings (SSSR count). The van der Waals surface area contributed by atoms with Crippen LogP contribution >= 0.6 is 0 Å². The number of nitrogens with zero attached hydrogens (tertiary/aromatic N) is 2. The van der Waals surface area contributed by atoms with Crippen molar-refractivity contribution in [3.63, 3.8) is 0 Å². The van der Waals surface area contributed by atoms with Gasteiger partial charge in [0.1, 0.15) is 5.75 Å². The standard InChI is InChI=1S/C13H18N2O4/c1-19-13-5-11(4-12(6-13)15(17)18)8-14-3-2-10(7-14)9-16/h4-6,10,16H,2-3,7-9H2,1H3. The van der Waals surface area contributed by atoms with Crippen LogP contribution in [0.5, 0.6) is 5.75 Å². The third-order valence-corrected chi connectivity index (χ3v) is 3.43. The van der Waals surface area contributed by atoms with Gasteiger partial charge in [-0.1, -0.05) is 0 Å². The summed E-state index contributed by atoms with van der Waals surface area (Å²) in [6.07, 6.45) is 0.975. The summed E-state index contributed by atoms with van der Waals surface area (Å²) in [7, 11) is 1.50. The fraction of sp³-hybridized carbons (Fsp3) is 0.538. The molecular weight excluding hydrogens is 248 g/mol. The molecule has 1 heterocycles. The van der Waals surface area contributed by atoms with Gasteiger partial charge in [0.05, 0.1) is 18.1 Å². The van der Waals surface area contributed by atoms with Crippen molar-refractivity contribution < 1.29 is 14.8 Å². The van der Waals surface area contributed by atoms with Crippen LogP contribution in [0.25, 0.3) is 0 Å². The Hall–Kier alpha value is -1.66. The first-order valence-corrected chi connectivity index (χ1v) is 6.28. The maximum absolute atomic E-state index is 10.9. The van der Waals surface area contributed by atoms with Gasteiger partial charge >= 0.3 is 0 Å². The first kappa shape index (κ1) is 13.8. The number of nitro groups is 1. The molecule has 1 unspecified atom stereocenters. The lowest BCUT2D eigenvalue weighted by atomic mass is 10.1. The van der Waals surface area contributed by atoms with E-state index < -0.39 is 4.92 Å². The van der Waals surface area contributed by atoms with E-state index in [2.05, 4.69) is 4.90 Å². The van der Waals surface area contributed by atoms with E-state index in [1.807, 2.05) is 6.07 Å². The van der Waals surface area contributed by atoms with E-state index in [1.54, 1.807) is 6.07 Å². The predicted molar refractivity (Wildman–Crippen MR) is 70.1 cm³/mol. The lowest BCUT2D eigenvalue weighted by Crippen LogP contribution is -2.21. The number of nitro benzene ring substituents is 1. The topological polar surface area (TPSA) is 75.8 Å². The molecule has 1 aromatic carbocycles. The van der Waals surface area contributed by atoms with Gasteiger partial charge in [0.25, 0.3) is 5.69 Å². The Balaban J connectivity index is 2.11. The second-order valence-electron chi connectivity index (χ2n) is 4.87. The molecule has 6 nitrogen and oxygen atoms in total. The fourth-order valence-electron chi connectivity index (χ4n) is 2.42. The quantitative estimate of drug-likeness (QED) is 0.644. The van der Waals surface area contributed by atoms with E-state index in [0.717, 1.165) is 25.1 Å². The minimum Gasteiger partial charge on any atom is -0.496 e. The number of aliphatic hydroxyl groups is 1. The van der Waals surface area contributed by atoms with E-state index >= 15 is 0 Å². The third kappa shape index (κ3) is 3.42. The normalized spacial score (nSPS) is 19.6. The van der Waals surface area contributed by atoms with E-state index in [-0.39, 0.29) is 12.3 Å². The maximum Gasteiger partial charge on any atom is 0.273 e. The zero-order valence-electron chi connectivity index (χ0n) is 10.9. The average Bonchev–Trinajstić information content (AvgIpc) is 2.85. The Bertz CT molecular complexity index is 464. The molecule has 1 saturated heterocycles. The molecule has 0 bridgehead atoms. The summed E-state index contributed by atoms with van der Waals surface area (Å²) in [6.45, 7) is 2.60.